The Morgan fingerprint density at radius 1 is 1.00 bits per heavy atom. The van der Waals surface area contributed by atoms with Crippen LogP contribution in [-0.2, 0) is 0 Å². The number of thioether (sulfide) groups is 2. The molecule has 1 aromatic heterocycles. The van der Waals surface area contributed by atoms with E-state index in [0.717, 1.165) is 22.6 Å². The van der Waals surface area contributed by atoms with Gasteiger partial charge >= 0.3 is 0 Å². The van der Waals surface area contributed by atoms with Gasteiger partial charge in [0.2, 0.25) is 5.95 Å². The molecule has 31 heavy (non-hydrogen) atoms. The van der Waals surface area contributed by atoms with Crippen molar-refractivity contribution in [2.45, 2.75) is 30.8 Å². The van der Waals surface area contributed by atoms with Crippen LogP contribution in [-0.4, -0.2) is 21.5 Å². The molecule has 0 amide bonds. The molecule has 1 fully saturated rings. The van der Waals surface area contributed by atoms with Crippen molar-refractivity contribution >= 4 is 23.5 Å². The fourth-order valence-electron chi connectivity index (χ4n) is 3.61. The monoisotopic (exact) mass is 449 g/mol. The van der Waals surface area contributed by atoms with E-state index in [4.69, 9.17) is 5.26 Å². The molecule has 0 spiro atoms. The Morgan fingerprint density at radius 3 is 2.19 bits per heavy atom. The summed E-state index contributed by atoms with van der Waals surface area (Å²) in [6, 6.07) is 18.3. The maximum atomic E-state index is 13.8. The highest BCUT2D eigenvalue weighted by molar-refractivity contribution is 8.16. The van der Waals surface area contributed by atoms with Crippen LogP contribution in [0, 0.1) is 23.2 Å². The van der Waals surface area contributed by atoms with Crippen molar-refractivity contribution in [3.8, 4) is 28.6 Å². The van der Waals surface area contributed by atoms with Gasteiger partial charge < -0.3 is 0 Å². The summed E-state index contributed by atoms with van der Waals surface area (Å²) in [5.41, 5.74) is 4.19. The molecule has 0 bridgehead atoms. The number of aromatic nitrogens is 2. The first-order valence-electron chi connectivity index (χ1n) is 10.5. The van der Waals surface area contributed by atoms with Crippen LogP contribution in [0.4, 0.5) is 4.39 Å². The van der Waals surface area contributed by atoms with Gasteiger partial charge in [-0.05, 0) is 40.5 Å². The van der Waals surface area contributed by atoms with E-state index in [1.165, 1.54) is 42.5 Å². The summed E-state index contributed by atoms with van der Waals surface area (Å²) in [5, 5.41) is 8.82. The third-order valence-corrected chi connectivity index (χ3v) is 8.75. The van der Waals surface area contributed by atoms with Crippen LogP contribution in [0.5, 0.6) is 0 Å². The molecule has 2 aromatic carbocycles. The van der Waals surface area contributed by atoms with Crippen LogP contribution >= 0.6 is 23.5 Å². The highest BCUT2D eigenvalue weighted by atomic mass is 32.2. The quantitative estimate of drug-likeness (QED) is 0.375. The van der Waals surface area contributed by atoms with Crippen LogP contribution in [0.2, 0.25) is 0 Å². The topological polar surface area (TPSA) is 49.6 Å². The lowest BCUT2D eigenvalue weighted by molar-refractivity contribution is 0.562. The molecule has 0 saturated carbocycles. The molecule has 3 nitrogen and oxygen atoms in total. The zero-order chi connectivity index (χ0) is 21.6. The third kappa shape index (κ3) is 5.28. The summed E-state index contributed by atoms with van der Waals surface area (Å²) < 4.78 is 14.3. The standard InChI is InChI=1S/C25H24FN3S2/c1-2-3-4-17-15-30-25(31-16-17)21-11-7-19(8-12-21)18-5-9-20(10-6-18)24-28-14-22(13-27)23(26)29-24/h5-12,14,17,25H,2-4,15-16H2,1H3. The van der Waals surface area contributed by atoms with Crippen LogP contribution in [0.25, 0.3) is 22.5 Å². The molecule has 6 heteroatoms. The molecule has 0 atom stereocenters. The molecule has 0 N–H and O–H groups in total. The predicted molar refractivity (Wildman–Crippen MR) is 128 cm³/mol. The zero-order valence-electron chi connectivity index (χ0n) is 17.4. The van der Waals surface area contributed by atoms with Gasteiger partial charge in [0.1, 0.15) is 11.6 Å². The van der Waals surface area contributed by atoms with E-state index < -0.39 is 5.95 Å². The average molecular weight is 450 g/mol. The summed E-state index contributed by atoms with van der Waals surface area (Å²) >= 11 is 4.16. The molecule has 1 aliphatic rings. The molecule has 2 heterocycles. The second-order valence-corrected chi connectivity index (χ2v) is 10.3. The molecular weight excluding hydrogens is 425 g/mol. The van der Waals surface area contributed by atoms with Crippen LogP contribution in [0.1, 0.15) is 41.9 Å². The first-order chi connectivity index (χ1) is 15.2. The highest BCUT2D eigenvalue weighted by Crippen LogP contribution is 2.46. The van der Waals surface area contributed by atoms with Crippen molar-refractivity contribution < 1.29 is 4.39 Å². The largest absolute Gasteiger partial charge is 0.235 e. The normalized spacial score (nSPS) is 18.5. The minimum atomic E-state index is -0.790. The Balaban J connectivity index is 1.41. The highest BCUT2D eigenvalue weighted by Gasteiger charge is 2.23. The summed E-state index contributed by atoms with van der Waals surface area (Å²) in [5.74, 6) is 2.87. The van der Waals surface area contributed by atoms with Crippen molar-refractivity contribution in [2.24, 2.45) is 5.92 Å². The first-order valence-corrected chi connectivity index (χ1v) is 12.6. The molecular formula is C25H24FN3S2. The summed E-state index contributed by atoms with van der Waals surface area (Å²) in [7, 11) is 0. The van der Waals surface area contributed by atoms with Crippen molar-refractivity contribution in [3.63, 3.8) is 0 Å². The number of nitrogens with zero attached hydrogens (tertiary/aromatic N) is 3. The number of rotatable bonds is 6. The van der Waals surface area contributed by atoms with E-state index in [9.17, 15) is 4.39 Å². The van der Waals surface area contributed by atoms with Gasteiger partial charge in [0.15, 0.2) is 5.82 Å². The lowest BCUT2D eigenvalue weighted by Crippen LogP contribution is -2.14. The van der Waals surface area contributed by atoms with Crippen molar-refractivity contribution in [3.05, 3.63) is 71.8 Å². The van der Waals surface area contributed by atoms with Gasteiger partial charge in [-0.3, -0.25) is 0 Å². The van der Waals surface area contributed by atoms with Gasteiger partial charge in [-0.15, -0.1) is 23.5 Å². The predicted octanol–water partition coefficient (Wildman–Crippen LogP) is 7.11. The van der Waals surface area contributed by atoms with Gasteiger partial charge in [-0.25, -0.2) is 4.98 Å². The first kappa shape index (κ1) is 21.9. The van der Waals surface area contributed by atoms with Crippen molar-refractivity contribution in [2.75, 3.05) is 11.5 Å². The summed E-state index contributed by atoms with van der Waals surface area (Å²) in [4.78, 5) is 7.89. The molecule has 1 aliphatic heterocycles. The van der Waals surface area contributed by atoms with Crippen LogP contribution < -0.4 is 0 Å². The van der Waals surface area contributed by atoms with Crippen LogP contribution in [0.15, 0.2) is 54.7 Å². The molecule has 0 aliphatic carbocycles. The number of nitriles is 1. The van der Waals surface area contributed by atoms with E-state index in [1.54, 1.807) is 6.07 Å². The number of unbranched alkanes of at least 4 members (excludes halogenated alkanes) is 1. The number of halogens is 1. The zero-order valence-corrected chi connectivity index (χ0v) is 19.1. The molecule has 1 saturated heterocycles. The van der Waals surface area contributed by atoms with Gasteiger partial charge in [0.25, 0.3) is 0 Å². The average Bonchev–Trinajstić information content (AvgIpc) is 2.83. The third-order valence-electron chi connectivity index (χ3n) is 5.45. The number of benzene rings is 2. The fraction of sp³-hybridized carbons (Fsp3) is 0.320. The Hall–Kier alpha value is -2.36. The van der Waals surface area contributed by atoms with Gasteiger partial charge in [-0.1, -0.05) is 68.3 Å². The van der Waals surface area contributed by atoms with Gasteiger partial charge in [0, 0.05) is 5.56 Å². The minimum absolute atomic E-state index is 0.147. The van der Waals surface area contributed by atoms with E-state index in [-0.39, 0.29) is 11.4 Å². The SMILES string of the molecule is CCCCC1CSC(c2ccc(-c3ccc(-c4ncc(C#N)c(F)n4)cc3)cc2)SC1. The smallest absolute Gasteiger partial charge is 0.234 e. The lowest BCUT2D eigenvalue weighted by atomic mass is 10.0. The van der Waals surface area contributed by atoms with Gasteiger partial charge in [0.05, 0.1) is 10.8 Å². The number of hydrogen-bond donors (Lipinski definition) is 0. The molecule has 4 rings (SSSR count). The van der Waals surface area contributed by atoms with E-state index in [1.807, 2.05) is 24.3 Å². The van der Waals surface area contributed by atoms with E-state index in [0.29, 0.717) is 4.58 Å². The van der Waals surface area contributed by atoms with E-state index >= 15 is 0 Å². The van der Waals surface area contributed by atoms with E-state index in [2.05, 4.69) is 64.7 Å². The van der Waals surface area contributed by atoms with Crippen molar-refractivity contribution in [1.29, 1.82) is 5.26 Å². The maximum Gasteiger partial charge on any atom is 0.234 e. The Bertz CT molecular complexity index is 1050. The molecule has 0 unspecified atom stereocenters. The summed E-state index contributed by atoms with van der Waals surface area (Å²) in [6.45, 7) is 2.27. The maximum absolute atomic E-state index is 13.8. The van der Waals surface area contributed by atoms with Crippen LogP contribution in [0.3, 0.4) is 0 Å². The Kier molecular flexibility index (Phi) is 7.26. The molecule has 158 valence electrons. The molecule has 0 radical (unpaired) electrons. The van der Waals surface area contributed by atoms with Crippen molar-refractivity contribution in [1.82, 2.24) is 9.97 Å². The van der Waals surface area contributed by atoms with Gasteiger partial charge in [-0.2, -0.15) is 14.6 Å². The minimum Gasteiger partial charge on any atom is -0.235 e. The molecule has 3 aromatic rings. The fourth-order valence-corrected chi connectivity index (χ4v) is 6.78. The Labute approximate surface area is 191 Å². The lowest BCUT2D eigenvalue weighted by Gasteiger charge is -2.28. The second kappa shape index (κ2) is 10.3. The Morgan fingerprint density at radius 2 is 1.61 bits per heavy atom. The number of hydrogen-bond acceptors (Lipinski definition) is 5. The summed E-state index contributed by atoms with van der Waals surface area (Å²) in [6.07, 6.45) is 5.21. The second-order valence-electron chi connectivity index (χ2n) is 7.72.